The Balaban J connectivity index is 2.13. The van der Waals surface area contributed by atoms with E-state index in [4.69, 9.17) is 0 Å². The second-order valence-corrected chi connectivity index (χ2v) is 4.51. The zero-order chi connectivity index (χ0) is 10.7. The molecule has 3 nitrogen and oxygen atoms in total. The lowest BCUT2D eigenvalue weighted by molar-refractivity contribution is 0.453. The molecule has 2 heterocycles. The first-order valence-electron chi connectivity index (χ1n) is 6.07. The zero-order valence-corrected chi connectivity index (χ0v) is 9.77. The van der Waals surface area contributed by atoms with Crippen LogP contribution < -0.4 is 5.32 Å². The number of H-pyrrole nitrogens is 1. The molecule has 0 amide bonds. The molecule has 1 atom stereocenters. The average Bonchev–Trinajstić information content (AvgIpc) is 2.63. The summed E-state index contributed by atoms with van der Waals surface area (Å²) >= 11 is 0. The molecule has 84 valence electrons. The third-order valence-corrected chi connectivity index (χ3v) is 3.33. The molecule has 0 bridgehead atoms. The summed E-state index contributed by atoms with van der Waals surface area (Å²) in [5.74, 6) is 0.626. The number of aromatic nitrogens is 2. The number of piperidine rings is 1. The van der Waals surface area contributed by atoms with Gasteiger partial charge >= 0.3 is 0 Å². The maximum absolute atomic E-state index is 4.49. The standard InChI is InChI=1S/C12H21N3/c1-3-5-11-9(2)12(15-14-11)10-6-4-7-13-8-10/h10,13H,3-8H2,1-2H3,(H,14,15). The molecule has 1 unspecified atom stereocenters. The van der Waals surface area contributed by atoms with Gasteiger partial charge in [-0.3, -0.25) is 5.10 Å². The first-order valence-corrected chi connectivity index (χ1v) is 6.07. The lowest BCUT2D eigenvalue weighted by Gasteiger charge is -2.21. The Morgan fingerprint density at radius 3 is 3.00 bits per heavy atom. The number of rotatable bonds is 3. The van der Waals surface area contributed by atoms with Crippen molar-refractivity contribution in [2.45, 2.75) is 45.4 Å². The van der Waals surface area contributed by atoms with Crippen molar-refractivity contribution >= 4 is 0 Å². The first kappa shape index (κ1) is 10.7. The highest BCUT2D eigenvalue weighted by atomic mass is 15.1. The Labute approximate surface area is 91.7 Å². The van der Waals surface area contributed by atoms with Crippen molar-refractivity contribution in [1.82, 2.24) is 15.5 Å². The first-order chi connectivity index (χ1) is 7.33. The topological polar surface area (TPSA) is 40.7 Å². The fraction of sp³-hybridized carbons (Fsp3) is 0.750. The molecule has 1 fully saturated rings. The predicted octanol–water partition coefficient (Wildman–Crippen LogP) is 2.14. The van der Waals surface area contributed by atoms with Crippen molar-refractivity contribution in [3.8, 4) is 0 Å². The minimum absolute atomic E-state index is 0.626. The second-order valence-electron chi connectivity index (χ2n) is 4.51. The average molecular weight is 207 g/mol. The normalized spacial score (nSPS) is 21.9. The van der Waals surface area contributed by atoms with Crippen molar-refractivity contribution in [2.75, 3.05) is 13.1 Å². The number of hydrogen-bond donors (Lipinski definition) is 2. The summed E-state index contributed by atoms with van der Waals surface area (Å²) < 4.78 is 0. The molecule has 2 N–H and O–H groups in total. The van der Waals surface area contributed by atoms with E-state index in [1.807, 2.05) is 0 Å². The highest BCUT2D eigenvalue weighted by molar-refractivity contribution is 5.27. The van der Waals surface area contributed by atoms with Gasteiger partial charge in [0, 0.05) is 18.2 Å². The molecule has 1 saturated heterocycles. The molecule has 1 aromatic heterocycles. The highest BCUT2D eigenvalue weighted by Gasteiger charge is 2.20. The van der Waals surface area contributed by atoms with Gasteiger partial charge in [-0.1, -0.05) is 13.3 Å². The number of aryl methyl sites for hydroxylation is 1. The van der Waals surface area contributed by atoms with Crippen molar-refractivity contribution in [2.24, 2.45) is 0 Å². The Morgan fingerprint density at radius 2 is 2.33 bits per heavy atom. The van der Waals surface area contributed by atoms with Crippen molar-refractivity contribution < 1.29 is 0 Å². The maximum atomic E-state index is 4.49. The Hall–Kier alpha value is -0.830. The minimum atomic E-state index is 0.626. The van der Waals surface area contributed by atoms with E-state index in [0.29, 0.717) is 5.92 Å². The monoisotopic (exact) mass is 207 g/mol. The van der Waals surface area contributed by atoms with Gasteiger partial charge in [-0.25, -0.2) is 0 Å². The lowest BCUT2D eigenvalue weighted by Crippen LogP contribution is -2.28. The van der Waals surface area contributed by atoms with Crippen LogP contribution in [0.4, 0.5) is 0 Å². The molecule has 1 aliphatic heterocycles. The molecule has 0 spiro atoms. The van der Waals surface area contributed by atoms with Crippen LogP contribution in [0.1, 0.15) is 49.1 Å². The van der Waals surface area contributed by atoms with Crippen LogP contribution >= 0.6 is 0 Å². The van der Waals surface area contributed by atoms with Crippen LogP contribution in [0.25, 0.3) is 0 Å². The fourth-order valence-corrected chi connectivity index (χ4v) is 2.43. The van der Waals surface area contributed by atoms with E-state index >= 15 is 0 Å². The molecule has 0 aromatic carbocycles. The van der Waals surface area contributed by atoms with Crippen molar-refractivity contribution in [3.05, 3.63) is 17.0 Å². The summed E-state index contributed by atoms with van der Waals surface area (Å²) in [5, 5.41) is 11.1. The van der Waals surface area contributed by atoms with Crippen LogP contribution in [-0.2, 0) is 6.42 Å². The Morgan fingerprint density at radius 1 is 1.47 bits per heavy atom. The van der Waals surface area contributed by atoms with Crippen molar-refractivity contribution in [1.29, 1.82) is 0 Å². The Kier molecular flexibility index (Phi) is 3.41. The molecule has 0 saturated carbocycles. The van der Waals surface area contributed by atoms with Crippen LogP contribution in [-0.4, -0.2) is 23.3 Å². The summed E-state index contributed by atoms with van der Waals surface area (Å²) in [6.07, 6.45) is 4.87. The van der Waals surface area contributed by atoms with Gasteiger partial charge in [-0.2, -0.15) is 5.10 Å². The summed E-state index contributed by atoms with van der Waals surface area (Å²) in [7, 11) is 0. The van der Waals surface area contributed by atoms with Gasteiger partial charge in [-0.05, 0) is 38.3 Å². The van der Waals surface area contributed by atoms with Gasteiger partial charge in [0.15, 0.2) is 0 Å². The summed E-state index contributed by atoms with van der Waals surface area (Å²) in [6.45, 7) is 6.68. The van der Waals surface area contributed by atoms with E-state index in [1.165, 1.54) is 42.8 Å². The fourth-order valence-electron chi connectivity index (χ4n) is 2.43. The summed E-state index contributed by atoms with van der Waals surface area (Å²) in [5.41, 5.74) is 4.02. The maximum Gasteiger partial charge on any atom is 0.0697 e. The molecule has 0 aliphatic carbocycles. The zero-order valence-electron chi connectivity index (χ0n) is 9.77. The number of aromatic amines is 1. The molecule has 2 rings (SSSR count). The van der Waals surface area contributed by atoms with Gasteiger partial charge in [0.2, 0.25) is 0 Å². The summed E-state index contributed by atoms with van der Waals surface area (Å²) in [6, 6.07) is 0. The van der Waals surface area contributed by atoms with Crippen LogP contribution in [0.3, 0.4) is 0 Å². The van der Waals surface area contributed by atoms with Gasteiger partial charge < -0.3 is 5.32 Å². The third-order valence-electron chi connectivity index (χ3n) is 3.33. The molecule has 15 heavy (non-hydrogen) atoms. The van der Waals surface area contributed by atoms with Crippen molar-refractivity contribution in [3.63, 3.8) is 0 Å². The smallest absolute Gasteiger partial charge is 0.0697 e. The van der Waals surface area contributed by atoms with Gasteiger partial charge in [0.25, 0.3) is 0 Å². The van der Waals surface area contributed by atoms with E-state index in [9.17, 15) is 0 Å². The van der Waals surface area contributed by atoms with E-state index < -0.39 is 0 Å². The van der Waals surface area contributed by atoms with Crippen LogP contribution in [0.2, 0.25) is 0 Å². The van der Waals surface area contributed by atoms with E-state index in [1.54, 1.807) is 0 Å². The SMILES string of the molecule is CCCc1[nH]nc(C2CCCNC2)c1C. The number of hydrogen-bond acceptors (Lipinski definition) is 2. The van der Waals surface area contributed by atoms with Crippen LogP contribution in [0.5, 0.6) is 0 Å². The summed E-state index contributed by atoms with van der Waals surface area (Å²) in [4.78, 5) is 0. The molecule has 0 radical (unpaired) electrons. The molecule has 3 heteroatoms. The predicted molar refractivity (Wildman–Crippen MR) is 62.2 cm³/mol. The largest absolute Gasteiger partial charge is 0.316 e. The van der Waals surface area contributed by atoms with E-state index in [-0.39, 0.29) is 0 Å². The molecule has 1 aliphatic rings. The molecular formula is C12H21N3. The Bertz CT molecular complexity index is 311. The van der Waals surface area contributed by atoms with Gasteiger partial charge in [-0.15, -0.1) is 0 Å². The van der Waals surface area contributed by atoms with Crippen LogP contribution in [0, 0.1) is 6.92 Å². The lowest BCUT2D eigenvalue weighted by atomic mass is 9.93. The highest BCUT2D eigenvalue weighted by Crippen LogP contribution is 2.25. The quantitative estimate of drug-likeness (QED) is 0.797. The van der Waals surface area contributed by atoms with E-state index in [2.05, 4.69) is 29.4 Å². The van der Waals surface area contributed by atoms with Gasteiger partial charge in [0.05, 0.1) is 5.69 Å². The molecular weight excluding hydrogens is 186 g/mol. The van der Waals surface area contributed by atoms with Crippen LogP contribution in [0.15, 0.2) is 0 Å². The third kappa shape index (κ3) is 2.23. The number of nitrogens with one attached hydrogen (secondary N) is 2. The number of nitrogens with zero attached hydrogens (tertiary/aromatic N) is 1. The second kappa shape index (κ2) is 4.79. The molecule has 1 aromatic rings. The minimum Gasteiger partial charge on any atom is -0.316 e. The van der Waals surface area contributed by atoms with E-state index in [0.717, 1.165) is 13.0 Å². The van der Waals surface area contributed by atoms with Gasteiger partial charge in [0.1, 0.15) is 0 Å².